The third-order valence-corrected chi connectivity index (χ3v) is 1.74. The highest BCUT2D eigenvalue weighted by atomic mass is 16.4. The minimum atomic E-state index is -1.19. The number of aliphatic carboxylic acids is 2. The van der Waals surface area contributed by atoms with E-state index < -0.39 is 24.4 Å². The van der Waals surface area contributed by atoms with Crippen molar-refractivity contribution in [2.45, 2.75) is 12.5 Å². The molecule has 0 aromatic heterocycles. The lowest BCUT2D eigenvalue weighted by Crippen LogP contribution is -2.31. The molecule has 1 rings (SSSR count). The maximum atomic E-state index is 10.7. The summed E-state index contributed by atoms with van der Waals surface area (Å²) < 4.78 is 0. The summed E-state index contributed by atoms with van der Waals surface area (Å²) in [5.41, 5.74) is 0.558. The summed E-state index contributed by atoms with van der Waals surface area (Å²) in [4.78, 5) is 21.1. The Morgan fingerprint density at radius 1 is 1.33 bits per heavy atom. The molecule has 0 aliphatic rings. The van der Waals surface area contributed by atoms with Crippen molar-refractivity contribution in [3.05, 3.63) is 30.3 Å². The molecule has 0 spiro atoms. The Balaban J connectivity index is 2.67. The summed E-state index contributed by atoms with van der Waals surface area (Å²) in [6, 6.07) is 8.12. The lowest BCUT2D eigenvalue weighted by Gasteiger charge is -2.13. The van der Waals surface area contributed by atoms with E-state index in [1.165, 1.54) is 0 Å². The van der Waals surface area contributed by atoms with Crippen LogP contribution in [0.5, 0.6) is 0 Å². The largest absolute Gasteiger partial charge is 0.481 e. The fraction of sp³-hybridized carbons (Fsp3) is 0.200. The first kappa shape index (κ1) is 11.0. The van der Waals surface area contributed by atoms with Crippen molar-refractivity contribution in [2.24, 2.45) is 0 Å². The summed E-state index contributed by atoms with van der Waals surface area (Å²) in [5.74, 6) is -2.34. The molecule has 0 fully saturated rings. The number of nitrogens with one attached hydrogen (secondary N) is 1. The van der Waals surface area contributed by atoms with Crippen LogP contribution in [0.1, 0.15) is 6.42 Å². The average molecular weight is 208 g/mol. The molecule has 1 atom stereocenters. The van der Waals surface area contributed by atoms with Crippen molar-refractivity contribution in [3.8, 4) is 0 Å². The van der Waals surface area contributed by atoms with Crippen LogP contribution in [0, 0.1) is 6.07 Å². The summed E-state index contributed by atoms with van der Waals surface area (Å²) in [7, 11) is 0. The molecule has 0 aliphatic carbocycles. The van der Waals surface area contributed by atoms with Gasteiger partial charge in [-0.2, -0.15) is 0 Å². The van der Waals surface area contributed by atoms with Gasteiger partial charge in [-0.15, -0.1) is 0 Å². The highest BCUT2D eigenvalue weighted by Crippen LogP contribution is 2.08. The molecular weight excluding hydrogens is 198 g/mol. The normalized spacial score (nSPS) is 11.7. The first-order valence-electron chi connectivity index (χ1n) is 4.27. The molecule has 0 aliphatic heterocycles. The number of benzene rings is 1. The second-order valence-electron chi connectivity index (χ2n) is 2.92. The van der Waals surface area contributed by atoms with Gasteiger partial charge in [0, 0.05) is 5.69 Å². The Bertz CT molecular complexity index is 350. The Morgan fingerprint density at radius 3 is 2.40 bits per heavy atom. The van der Waals surface area contributed by atoms with Gasteiger partial charge in [-0.25, -0.2) is 4.79 Å². The van der Waals surface area contributed by atoms with Crippen molar-refractivity contribution in [3.63, 3.8) is 0 Å². The third-order valence-electron chi connectivity index (χ3n) is 1.74. The van der Waals surface area contributed by atoms with Gasteiger partial charge >= 0.3 is 11.9 Å². The molecule has 15 heavy (non-hydrogen) atoms. The second-order valence-corrected chi connectivity index (χ2v) is 2.92. The van der Waals surface area contributed by atoms with E-state index in [-0.39, 0.29) is 0 Å². The van der Waals surface area contributed by atoms with E-state index in [4.69, 9.17) is 10.2 Å². The molecule has 0 unspecified atom stereocenters. The molecule has 79 valence electrons. The van der Waals surface area contributed by atoms with E-state index in [9.17, 15) is 9.59 Å². The maximum Gasteiger partial charge on any atom is 0.326 e. The first-order valence-corrected chi connectivity index (χ1v) is 4.27. The molecule has 0 saturated heterocycles. The van der Waals surface area contributed by atoms with Crippen LogP contribution in [0.2, 0.25) is 0 Å². The Kier molecular flexibility index (Phi) is 3.68. The molecule has 1 aromatic carbocycles. The molecule has 1 radical (unpaired) electrons. The molecular formula is C10H10NO4. The number of anilines is 1. The van der Waals surface area contributed by atoms with Gasteiger partial charge in [0.2, 0.25) is 0 Å². The monoisotopic (exact) mass is 208 g/mol. The zero-order valence-corrected chi connectivity index (χ0v) is 7.80. The molecule has 0 bridgehead atoms. The van der Waals surface area contributed by atoms with Crippen LogP contribution in [0.15, 0.2) is 24.3 Å². The van der Waals surface area contributed by atoms with Gasteiger partial charge in [0.15, 0.2) is 0 Å². The quantitative estimate of drug-likeness (QED) is 0.667. The van der Waals surface area contributed by atoms with Gasteiger partial charge < -0.3 is 15.5 Å². The van der Waals surface area contributed by atoms with Crippen LogP contribution in [-0.2, 0) is 9.59 Å². The molecule has 1 aromatic rings. The second kappa shape index (κ2) is 4.99. The zero-order valence-electron chi connectivity index (χ0n) is 7.80. The van der Waals surface area contributed by atoms with Crippen LogP contribution >= 0.6 is 0 Å². The summed E-state index contributed by atoms with van der Waals surface area (Å²) in [6.45, 7) is 0. The fourth-order valence-electron chi connectivity index (χ4n) is 1.06. The number of carboxylic acid groups (broad SMARTS) is 2. The number of hydrogen-bond acceptors (Lipinski definition) is 3. The van der Waals surface area contributed by atoms with Gasteiger partial charge in [0.05, 0.1) is 6.42 Å². The Morgan fingerprint density at radius 2 is 1.93 bits per heavy atom. The van der Waals surface area contributed by atoms with Crippen molar-refractivity contribution in [2.75, 3.05) is 5.32 Å². The van der Waals surface area contributed by atoms with Gasteiger partial charge in [-0.3, -0.25) is 4.79 Å². The summed E-state index contributed by atoms with van der Waals surface area (Å²) in [5, 5.41) is 19.9. The predicted molar refractivity (Wildman–Crippen MR) is 52.6 cm³/mol. The molecule has 0 amide bonds. The molecule has 0 saturated carbocycles. The van der Waals surface area contributed by atoms with Crippen molar-refractivity contribution < 1.29 is 19.8 Å². The van der Waals surface area contributed by atoms with Crippen LogP contribution in [0.4, 0.5) is 5.69 Å². The van der Waals surface area contributed by atoms with Crippen LogP contribution < -0.4 is 5.32 Å². The predicted octanol–water partition coefficient (Wildman–Crippen LogP) is 0.827. The zero-order chi connectivity index (χ0) is 11.3. The smallest absolute Gasteiger partial charge is 0.326 e. The van der Waals surface area contributed by atoms with E-state index >= 15 is 0 Å². The summed E-state index contributed by atoms with van der Waals surface area (Å²) in [6.07, 6.45) is -0.464. The molecule has 5 heteroatoms. The summed E-state index contributed by atoms with van der Waals surface area (Å²) >= 11 is 0. The maximum absolute atomic E-state index is 10.7. The van der Waals surface area contributed by atoms with Gasteiger partial charge in [-0.05, 0) is 18.2 Å². The van der Waals surface area contributed by atoms with E-state index in [0.29, 0.717) is 5.69 Å². The van der Waals surface area contributed by atoms with Crippen LogP contribution in [-0.4, -0.2) is 28.2 Å². The highest BCUT2D eigenvalue weighted by Gasteiger charge is 2.20. The van der Waals surface area contributed by atoms with Gasteiger partial charge in [0.25, 0.3) is 0 Å². The van der Waals surface area contributed by atoms with E-state index in [0.717, 1.165) is 0 Å². The third kappa shape index (κ3) is 3.68. The van der Waals surface area contributed by atoms with Gasteiger partial charge in [0.1, 0.15) is 6.04 Å². The topological polar surface area (TPSA) is 86.6 Å². The van der Waals surface area contributed by atoms with E-state index in [2.05, 4.69) is 11.4 Å². The van der Waals surface area contributed by atoms with Crippen molar-refractivity contribution in [1.82, 2.24) is 0 Å². The highest BCUT2D eigenvalue weighted by molar-refractivity contribution is 5.83. The lowest BCUT2D eigenvalue weighted by molar-refractivity contribution is -0.144. The number of carbonyl (C=O) groups is 2. The van der Waals surface area contributed by atoms with Gasteiger partial charge in [-0.1, -0.05) is 12.1 Å². The number of carboxylic acids is 2. The number of rotatable bonds is 5. The van der Waals surface area contributed by atoms with Crippen LogP contribution in [0.3, 0.4) is 0 Å². The minimum Gasteiger partial charge on any atom is -0.481 e. The molecule has 5 nitrogen and oxygen atoms in total. The van der Waals surface area contributed by atoms with E-state index in [1.807, 2.05) is 0 Å². The Labute approximate surface area is 86.4 Å². The van der Waals surface area contributed by atoms with Crippen molar-refractivity contribution in [1.29, 1.82) is 0 Å². The van der Waals surface area contributed by atoms with Crippen molar-refractivity contribution >= 4 is 17.6 Å². The van der Waals surface area contributed by atoms with Crippen LogP contribution in [0.25, 0.3) is 0 Å². The SMILES string of the molecule is O=C(O)C[C@H](Nc1cc[c]cc1)C(=O)O. The number of hydrogen-bond donors (Lipinski definition) is 3. The first-order chi connectivity index (χ1) is 7.09. The minimum absolute atomic E-state index is 0.464. The lowest BCUT2D eigenvalue weighted by atomic mass is 10.2. The Hall–Kier alpha value is -2.04. The van der Waals surface area contributed by atoms with E-state index in [1.54, 1.807) is 24.3 Å². The standard InChI is InChI=1S/C10H10NO4/c12-9(13)6-8(10(14)15)11-7-4-2-1-3-5-7/h2-5,8,11H,6H2,(H,12,13)(H,14,15)/t8-/m0/s1. The fourth-order valence-corrected chi connectivity index (χ4v) is 1.06. The molecule has 0 heterocycles. The molecule has 3 N–H and O–H groups in total. The average Bonchev–Trinajstić information content (AvgIpc) is 2.17.